The van der Waals surface area contributed by atoms with Gasteiger partial charge < -0.3 is 20.4 Å². The van der Waals surface area contributed by atoms with Crippen LogP contribution in [0.5, 0.6) is 0 Å². The van der Waals surface area contributed by atoms with Crippen LogP contribution in [-0.4, -0.2) is 56.2 Å². The first-order valence-electron chi connectivity index (χ1n) is 11.0. The fraction of sp³-hybridized carbons (Fsp3) is 0.435. The molecule has 0 radical (unpaired) electrons. The second kappa shape index (κ2) is 6.77. The van der Waals surface area contributed by atoms with E-state index in [9.17, 15) is 0 Å². The Labute approximate surface area is 180 Å². The van der Waals surface area contributed by atoms with Gasteiger partial charge in [0.2, 0.25) is 5.95 Å². The fourth-order valence-electron chi connectivity index (χ4n) is 5.40. The number of rotatable bonds is 2. The Balaban J connectivity index is 1.40. The Kier molecular flexibility index (Phi) is 4.10. The smallest absolute Gasteiger partial charge is 0.211 e. The van der Waals surface area contributed by atoms with Crippen LogP contribution in [0.15, 0.2) is 36.9 Å². The van der Waals surface area contributed by atoms with Gasteiger partial charge in [-0.2, -0.15) is 0 Å². The van der Waals surface area contributed by atoms with Crippen LogP contribution in [0.1, 0.15) is 25.5 Å². The molecule has 2 aliphatic rings. The summed E-state index contributed by atoms with van der Waals surface area (Å²) in [5, 5.41) is 0. The van der Waals surface area contributed by atoms with Crippen molar-refractivity contribution in [2.75, 3.05) is 24.6 Å². The van der Waals surface area contributed by atoms with Crippen LogP contribution < -0.4 is 10.6 Å². The summed E-state index contributed by atoms with van der Waals surface area (Å²) in [7, 11) is 0. The molecule has 1 spiro atoms. The van der Waals surface area contributed by atoms with E-state index < -0.39 is 0 Å². The van der Waals surface area contributed by atoms with Crippen molar-refractivity contribution in [2.24, 2.45) is 11.1 Å². The van der Waals surface area contributed by atoms with E-state index >= 15 is 0 Å². The third kappa shape index (κ3) is 2.71. The number of imidazole rings is 1. The quantitative estimate of drug-likeness (QED) is 0.521. The lowest BCUT2D eigenvalue weighted by atomic mass is 9.73. The highest BCUT2D eigenvalue weighted by Crippen LogP contribution is 2.42. The molecule has 2 aliphatic heterocycles. The number of hydrogen-bond donors (Lipinski definition) is 2. The predicted molar refractivity (Wildman–Crippen MR) is 120 cm³/mol. The SMILES string of the molecule is Cc1nc(N2CCC3(CC2)CO[C@@H](C)[C@H]3N)n2ccnc2c1-c1ccnc2cc[nH]c12. The number of H-pyrrole nitrogens is 1. The number of piperidine rings is 1. The molecule has 4 aromatic heterocycles. The average molecular weight is 418 g/mol. The zero-order chi connectivity index (χ0) is 21.2. The lowest BCUT2D eigenvalue weighted by Gasteiger charge is -2.41. The number of nitrogens with one attached hydrogen (secondary N) is 1. The molecular weight excluding hydrogens is 390 g/mol. The predicted octanol–water partition coefficient (Wildman–Crippen LogP) is 2.91. The molecule has 0 unspecified atom stereocenters. The summed E-state index contributed by atoms with van der Waals surface area (Å²) >= 11 is 0. The van der Waals surface area contributed by atoms with Gasteiger partial charge in [-0.15, -0.1) is 0 Å². The standard InChI is InChI=1S/C23H27N7O/c1-14-18(16-3-7-25-17-4-8-26-19(16)17)21-27-9-12-30(21)22(28-14)29-10-5-23(6-11-29)13-31-15(2)20(23)24/h3-4,7-9,12,15,20,26H,5-6,10-11,13,24H2,1-2H3/t15-,20+/m0/s1. The summed E-state index contributed by atoms with van der Waals surface area (Å²) in [5.41, 5.74) is 12.5. The lowest BCUT2D eigenvalue weighted by Crippen LogP contribution is -2.51. The largest absolute Gasteiger partial charge is 0.376 e. The van der Waals surface area contributed by atoms with Crippen LogP contribution in [-0.2, 0) is 4.74 Å². The Bertz CT molecular complexity index is 1270. The van der Waals surface area contributed by atoms with Gasteiger partial charge in [0.25, 0.3) is 0 Å². The van der Waals surface area contributed by atoms with E-state index in [-0.39, 0.29) is 17.6 Å². The number of aromatic amines is 1. The third-order valence-corrected chi connectivity index (χ3v) is 7.32. The van der Waals surface area contributed by atoms with E-state index in [1.165, 1.54) is 0 Å². The van der Waals surface area contributed by atoms with Gasteiger partial charge in [0, 0.05) is 60.5 Å². The number of pyridine rings is 1. The van der Waals surface area contributed by atoms with E-state index in [0.29, 0.717) is 0 Å². The summed E-state index contributed by atoms with van der Waals surface area (Å²) in [4.78, 5) is 19.9. The minimum Gasteiger partial charge on any atom is -0.376 e. The van der Waals surface area contributed by atoms with Crippen molar-refractivity contribution < 1.29 is 4.74 Å². The van der Waals surface area contributed by atoms with Crippen molar-refractivity contribution in [3.63, 3.8) is 0 Å². The van der Waals surface area contributed by atoms with E-state index in [1.54, 1.807) is 0 Å². The fourth-order valence-corrected chi connectivity index (χ4v) is 5.40. The molecule has 2 atom stereocenters. The number of fused-ring (bicyclic) bond motifs is 2. The molecule has 8 nitrogen and oxygen atoms in total. The monoisotopic (exact) mass is 417 g/mol. The zero-order valence-electron chi connectivity index (χ0n) is 17.9. The van der Waals surface area contributed by atoms with Gasteiger partial charge in [-0.05, 0) is 38.8 Å². The molecule has 6 heterocycles. The van der Waals surface area contributed by atoms with Crippen molar-refractivity contribution in [1.29, 1.82) is 0 Å². The van der Waals surface area contributed by atoms with Crippen molar-refractivity contribution >= 4 is 22.6 Å². The minimum atomic E-state index is 0.0925. The van der Waals surface area contributed by atoms with Crippen LogP contribution >= 0.6 is 0 Å². The van der Waals surface area contributed by atoms with E-state index in [0.717, 1.165) is 72.0 Å². The van der Waals surface area contributed by atoms with Gasteiger partial charge in [0.1, 0.15) is 5.65 Å². The Morgan fingerprint density at radius 2 is 2.03 bits per heavy atom. The van der Waals surface area contributed by atoms with E-state index in [4.69, 9.17) is 20.4 Å². The Hall–Kier alpha value is -2.97. The molecule has 3 N–H and O–H groups in total. The zero-order valence-corrected chi connectivity index (χ0v) is 17.9. The topological polar surface area (TPSA) is 97.4 Å². The summed E-state index contributed by atoms with van der Waals surface area (Å²) in [5.74, 6) is 0.945. The van der Waals surface area contributed by atoms with Gasteiger partial charge >= 0.3 is 0 Å². The first kappa shape index (κ1) is 18.8. The van der Waals surface area contributed by atoms with Crippen LogP contribution in [0.4, 0.5) is 5.95 Å². The Morgan fingerprint density at radius 1 is 1.19 bits per heavy atom. The van der Waals surface area contributed by atoms with Gasteiger partial charge in [0.15, 0.2) is 0 Å². The highest BCUT2D eigenvalue weighted by molar-refractivity contribution is 5.96. The number of nitrogens with two attached hydrogens (primary N) is 1. The van der Waals surface area contributed by atoms with Gasteiger partial charge in [-0.1, -0.05) is 0 Å². The molecule has 8 heteroatoms. The molecule has 6 rings (SSSR count). The summed E-state index contributed by atoms with van der Waals surface area (Å²) < 4.78 is 8.00. The van der Waals surface area contributed by atoms with Crippen molar-refractivity contribution in [3.8, 4) is 11.1 Å². The van der Waals surface area contributed by atoms with E-state index in [2.05, 4.69) is 33.1 Å². The number of ether oxygens (including phenoxy) is 1. The number of hydrogen-bond acceptors (Lipinski definition) is 6. The van der Waals surface area contributed by atoms with Crippen LogP contribution in [0.25, 0.3) is 27.8 Å². The normalized spacial score (nSPS) is 23.4. The third-order valence-electron chi connectivity index (χ3n) is 7.32. The number of aromatic nitrogens is 5. The molecule has 0 aromatic carbocycles. The maximum absolute atomic E-state index is 6.51. The molecule has 2 fully saturated rings. The second-order valence-electron chi connectivity index (χ2n) is 8.98. The molecule has 0 amide bonds. The highest BCUT2D eigenvalue weighted by atomic mass is 16.5. The van der Waals surface area contributed by atoms with Crippen molar-refractivity contribution in [1.82, 2.24) is 24.3 Å². The lowest BCUT2D eigenvalue weighted by molar-refractivity contribution is 0.0973. The average Bonchev–Trinajstić information content (AvgIpc) is 3.51. The summed E-state index contributed by atoms with van der Waals surface area (Å²) in [6, 6.07) is 4.13. The first-order valence-corrected chi connectivity index (χ1v) is 11.0. The molecule has 4 aromatic rings. The summed E-state index contributed by atoms with van der Waals surface area (Å²) in [6.07, 6.45) is 9.79. The van der Waals surface area contributed by atoms with Gasteiger partial charge in [0.05, 0.1) is 29.4 Å². The van der Waals surface area contributed by atoms with Gasteiger partial charge in [-0.3, -0.25) is 9.38 Å². The van der Waals surface area contributed by atoms with Crippen LogP contribution in [0.3, 0.4) is 0 Å². The molecular formula is C23H27N7O. The number of aryl methyl sites for hydroxylation is 1. The molecule has 2 saturated heterocycles. The number of nitrogens with zero attached hydrogens (tertiary/aromatic N) is 5. The first-order chi connectivity index (χ1) is 15.1. The van der Waals surface area contributed by atoms with Crippen LogP contribution in [0, 0.1) is 12.3 Å². The second-order valence-corrected chi connectivity index (χ2v) is 8.98. The highest BCUT2D eigenvalue weighted by Gasteiger charge is 2.47. The molecule has 0 saturated carbocycles. The van der Waals surface area contributed by atoms with E-state index in [1.807, 2.05) is 36.9 Å². The van der Waals surface area contributed by atoms with Crippen molar-refractivity contribution in [2.45, 2.75) is 38.8 Å². The number of anilines is 1. The van der Waals surface area contributed by atoms with Crippen molar-refractivity contribution in [3.05, 3.63) is 42.6 Å². The minimum absolute atomic E-state index is 0.0925. The molecule has 31 heavy (non-hydrogen) atoms. The maximum atomic E-state index is 6.51. The molecule has 0 aliphatic carbocycles. The van der Waals surface area contributed by atoms with Gasteiger partial charge in [-0.25, -0.2) is 9.97 Å². The molecule has 0 bridgehead atoms. The van der Waals surface area contributed by atoms with Crippen LogP contribution in [0.2, 0.25) is 0 Å². The summed E-state index contributed by atoms with van der Waals surface area (Å²) in [6.45, 7) is 6.75. The molecule has 160 valence electrons. The Morgan fingerprint density at radius 3 is 2.81 bits per heavy atom. The maximum Gasteiger partial charge on any atom is 0.211 e.